The highest BCUT2D eigenvalue weighted by molar-refractivity contribution is 7.15. The van der Waals surface area contributed by atoms with Crippen molar-refractivity contribution in [3.8, 4) is 0 Å². The zero-order valence-electron chi connectivity index (χ0n) is 8.00. The summed E-state index contributed by atoms with van der Waals surface area (Å²) in [6.45, 7) is 4.18. The van der Waals surface area contributed by atoms with Gasteiger partial charge in [0.15, 0.2) is 5.13 Å². The minimum Gasteiger partial charge on any atom is -0.358 e. The topological polar surface area (TPSA) is 24.9 Å². The van der Waals surface area contributed by atoms with Crippen molar-refractivity contribution < 1.29 is 0 Å². The summed E-state index contributed by atoms with van der Waals surface area (Å²) in [5, 5.41) is 4.52. The van der Waals surface area contributed by atoms with Crippen LogP contribution >= 0.6 is 11.3 Å². The molecule has 0 bridgehead atoms. The van der Waals surface area contributed by atoms with Gasteiger partial charge in [0.1, 0.15) is 0 Å². The zero-order valence-corrected chi connectivity index (χ0v) is 8.82. The van der Waals surface area contributed by atoms with Gasteiger partial charge in [-0.25, -0.2) is 4.98 Å². The van der Waals surface area contributed by atoms with Crippen LogP contribution in [0.15, 0.2) is 12.2 Å². The van der Waals surface area contributed by atoms with Crippen molar-refractivity contribution in [2.24, 2.45) is 0 Å². The molecule has 70 valence electrons. The van der Waals surface area contributed by atoms with E-state index in [0.717, 1.165) is 23.7 Å². The van der Waals surface area contributed by atoms with Crippen LogP contribution in [0.2, 0.25) is 0 Å². The van der Waals surface area contributed by atoms with E-state index in [0.29, 0.717) is 6.04 Å². The molecular formula is C10H14N2S. The number of anilines is 1. The molecule has 2 nitrogen and oxygen atoms in total. The summed E-state index contributed by atoms with van der Waals surface area (Å²) in [5.41, 5.74) is 1.15. The maximum atomic E-state index is 4.45. The summed E-state index contributed by atoms with van der Waals surface area (Å²) in [7, 11) is 0. The van der Waals surface area contributed by atoms with Crippen LogP contribution < -0.4 is 5.32 Å². The summed E-state index contributed by atoms with van der Waals surface area (Å²) >= 11 is 1.75. The van der Waals surface area contributed by atoms with Crippen molar-refractivity contribution in [3.63, 3.8) is 0 Å². The largest absolute Gasteiger partial charge is 0.358 e. The van der Waals surface area contributed by atoms with Crippen LogP contribution in [0.5, 0.6) is 0 Å². The van der Waals surface area contributed by atoms with E-state index in [1.54, 1.807) is 11.3 Å². The molecule has 1 aliphatic carbocycles. The third-order valence-corrected chi connectivity index (χ3v) is 3.37. The number of thiazole rings is 1. The number of aryl methyl sites for hydroxylation is 2. The van der Waals surface area contributed by atoms with Crippen molar-refractivity contribution in [3.05, 3.63) is 22.7 Å². The second-order valence-electron chi connectivity index (χ2n) is 3.44. The van der Waals surface area contributed by atoms with Crippen LogP contribution in [0, 0.1) is 13.8 Å². The lowest BCUT2D eigenvalue weighted by Gasteiger charge is -2.09. The van der Waals surface area contributed by atoms with Crippen molar-refractivity contribution >= 4 is 16.5 Å². The smallest absolute Gasteiger partial charge is 0.183 e. The van der Waals surface area contributed by atoms with Gasteiger partial charge in [-0.05, 0) is 26.7 Å². The summed E-state index contributed by atoms with van der Waals surface area (Å²) in [4.78, 5) is 5.77. The highest BCUT2D eigenvalue weighted by Gasteiger charge is 2.11. The number of aromatic nitrogens is 1. The Balaban J connectivity index is 2.01. The Morgan fingerprint density at radius 2 is 2.08 bits per heavy atom. The minimum atomic E-state index is 0.574. The summed E-state index contributed by atoms with van der Waals surface area (Å²) in [6.07, 6.45) is 6.73. The van der Waals surface area contributed by atoms with E-state index in [-0.39, 0.29) is 0 Å². The lowest BCUT2D eigenvalue weighted by atomic mass is 10.2. The van der Waals surface area contributed by atoms with Crippen molar-refractivity contribution in [2.45, 2.75) is 32.7 Å². The molecule has 0 unspecified atom stereocenters. The number of hydrogen-bond donors (Lipinski definition) is 1. The molecule has 3 heteroatoms. The number of rotatable bonds is 2. The van der Waals surface area contributed by atoms with Gasteiger partial charge >= 0.3 is 0 Å². The molecule has 1 heterocycles. The van der Waals surface area contributed by atoms with Gasteiger partial charge in [0.2, 0.25) is 0 Å². The maximum absolute atomic E-state index is 4.45. The predicted octanol–water partition coefficient (Wildman–Crippen LogP) is 2.89. The molecule has 1 N–H and O–H groups in total. The Morgan fingerprint density at radius 1 is 1.38 bits per heavy atom. The first-order valence-corrected chi connectivity index (χ1v) is 5.43. The van der Waals surface area contributed by atoms with Gasteiger partial charge in [0, 0.05) is 10.9 Å². The van der Waals surface area contributed by atoms with Crippen LogP contribution in [0.4, 0.5) is 5.13 Å². The molecule has 0 fully saturated rings. The molecule has 0 radical (unpaired) electrons. The summed E-state index contributed by atoms with van der Waals surface area (Å²) in [5.74, 6) is 0. The van der Waals surface area contributed by atoms with E-state index in [1.165, 1.54) is 4.88 Å². The Hall–Kier alpha value is -0.830. The average molecular weight is 194 g/mol. The van der Waals surface area contributed by atoms with Gasteiger partial charge in [0.05, 0.1) is 5.69 Å². The van der Waals surface area contributed by atoms with Crippen molar-refractivity contribution in [1.82, 2.24) is 4.98 Å². The second kappa shape index (κ2) is 3.50. The third kappa shape index (κ3) is 1.91. The molecule has 0 saturated carbocycles. The molecule has 1 aliphatic rings. The summed E-state index contributed by atoms with van der Waals surface area (Å²) in [6, 6.07) is 0.574. The Bertz CT molecular complexity index is 300. The third-order valence-electron chi connectivity index (χ3n) is 2.36. The first-order valence-electron chi connectivity index (χ1n) is 4.61. The van der Waals surface area contributed by atoms with E-state index < -0.39 is 0 Å². The standard InChI is InChI=1S/C10H14N2S/c1-7-8(2)13-10(11-7)12-9-5-3-4-6-9/h3-4,9H,5-6H2,1-2H3,(H,11,12). The molecule has 13 heavy (non-hydrogen) atoms. The Morgan fingerprint density at radius 3 is 2.62 bits per heavy atom. The van der Waals surface area contributed by atoms with E-state index >= 15 is 0 Å². The molecule has 0 atom stereocenters. The van der Waals surface area contributed by atoms with Crippen LogP contribution in [0.3, 0.4) is 0 Å². The molecule has 0 spiro atoms. The van der Waals surface area contributed by atoms with Gasteiger partial charge in [-0.3, -0.25) is 0 Å². The minimum absolute atomic E-state index is 0.574. The normalized spacial score (nSPS) is 16.8. The molecule has 1 aromatic heterocycles. The quantitative estimate of drug-likeness (QED) is 0.732. The summed E-state index contributed by atoms with van der Waals surface area (Å²) < 4.78 is 0. The number of nitrogens with zero attached hydrogens (tertiary/aromatic N) is 1. The molecule has 1 aromatic rings. The van der Waals surface area contributed by atoms with Gasteiger partial charge in [-0.15, -0.1) is 11.3 Å². The van der Waals surface area contributed by atoms with Crippen LogP contribution in [-0.4, -0.2) is 11.0 Å². The van der Waals surface area contributed by atoms with Crippen molar-refractivity contribution in [1.29, 1.82) is 0 Å². The van der Waals surface area contributed by atoms with Gasteiger partial charge in [-0.1, -0.05) is 12.2 Å². The first kappa shape index (κ1) is 8.75. The molecule has 0 amide bonds. The fraction of sp³-hybridized carbons (Fsp3) is 0.500. The zero-order chi connectivity index (χ0) is 9.26. The van der Waals surface area contributed by atoms with E-state index in [9.17, 15) is 0 Å². The average Bonchev–Trinajstić information content (AvgIpc) is 2.64. The lowest BCUT2D eigenvalue weighted by Crippen LogP contribution is -2.14. The van der Waals surface area contributed by atoms with Crippen molar-refractivity contribution in [2.75, 3.05) is 5.32 Å². The van der Waals surface area contributed by atoms with E-state index in [4.69, 9.17) is 0 Å². The van der Waals surface area contributed by atoms with E-state index in [2.05, 4.69) is 36.3 Å². The SMILES string of the molecule is Cc1nc(NC2CC=CC2)sc1C. The fourth-order valence-corrected chi connectivity index (χ4v) is 2.34. The van der Waals surface area contributed by atoms with E-state index in [1.807, 2.05) is 0 Å². The monoisotopic (exact) mass is 194 g/mol. The van der Waals surface area contributed by atoms with Crippen LogP contribution in [0.1, 0.15) is 23.4 Å². The molecule has 0 saturated heterocycles. The predicted molar refractivity (Wildman–Crippen MR) is 57.4 cm³/mol. The van der Waals surface area contributed by atoms with Gasteiger partial charge < -0.3 is 5.32 Å². The fourth-order valence-electron chi connectivity index (χ4n) is 1.44. The van der Waals surface area contributed by atoms with Crippen LogP contribution in [0.25, 0.3) is 0 Å². The molecular weight excluding hydrogens is 180 g/mol. The van der Waals surface area contributed by atoms with Gasteiger partial charge in [-0.2, -0.15) is 0 Å². The second-order valence-corrected chi connectivity index (χ2v) is 4.65. The number of nitrogens with one attached hydrogen (secondary N) is 1. The molecule has 0 aliphatic heterocycles. The Kier molecular flexibility index (Phi) is 2.36. The highest BCUT2D eigenvalue weighted by Crippen LogP contribution is 2.24. The highest BCUT2D eigenvalue weighted by atomic mass is 32.1. The molecule has 0 aromatic carbocycles. The van der Waals surface area contributed by atoms with Gasteiger partial charge in [0.25, 0.3) is 0 Å². The lowest BCUT2D eigenvalue weighted by molar-refractivity contribution is 0.784. The van der Waals surface area contributed by atoms with Crippen LogP contribution in [-0.2, 0) is 0 Å². The molecule has 2 rings (SSSR count). The number of hydrogen-bond acceptors (Lipinski definition) is 3. The Labute approximate surface area is 82.7 Å². The first-order chi connectivity index (χ1) is 6.25. The maximum Gasteiger partial charge on any atom is 0.183 e.